The summed E-state index contributed by atoms with van der Waals surface area (Å²) in [7, 11) is 0. The van der Waals surface area contributed by atoms with Gasteiger partial charge in [0, 0.05) is 49.4 Å². The summed E-state index contributed by atoms with van der Waals surface area (Å²) in [6.07, 6.45) is 2.01. The predicted octanol–water partition coefficient (Wildman–Crippen LogP) is 11.1. The zero-order valence-corrected chi connectivity index (χ0v) is 34.5. The molecule has 4 heteroatoms. The molecule has 0 radical (unpaired) electrons. The largest absolute Gasteiger partial charge is 0.507 e. The summed E-state index contributed by atoms with van der Waals surface area (Å²) >= 11 is 0. The number of hydrogen-bond acceptors (Lipinski definition) is 4. The molecule has 2 N–H and O–H groups in total. The quantitative estimate of drug-likeness (QED) is 0.266. The molecule has 2 aromatic rings. The molecule has 1 saturated heterocycles. The lowest BCUT2D eigenvalue weighted by molar-refractivity contribution is -0.0168. The topological polar surface area (TPSA) is 46.9 Å². The molecule has 1 heterocycles. The first kappa shape index (κ1) is 40.4. The smallest absolute Gasteiger partial charge is 0.122 e. The van der Waals surface area contributed by atoms with E-state index in [0.717, 1.165) is 61.3 Å². The summed E-state index contributed by atoms with van der Waals surface area (Å²) < 4.78 is 0. The maximum atomic E-state index is 11.6. The Labute approximate surface area is 296 Å². The van der Waals surface area contributed by atoms with Gasteiger partial charge in [-0.2, -0.15) is 0 Å². The molecule has 48 heavy (non-hydrogen) atoms. The first-order chi connectivity index (χ1) is 21.7. The number of hydrogen-bond donors (Lipinski definition) is 2. The van der Waals surface area contributed by atoms with E-state index in [-0.39, 0.29) is 21.7 Å². The van der Waals surface area contributed by atoms with Gasteiger partial charge in [-0.15, -0.1) is 0 Å². The molecule has 2 aromatic carbocycles. The van der Waals surface area contributed by atoms with Crippen molar-refractivity contribution in [2.75, 3.05) is 13.1 Å². The molecule has 0 saturated carbocycles. The maximum Gasteiger partial charge on any atom is 0.122 e. The van der Waals surface area contributed by atoms with Crippen molar-refractivity contribution in [1.82, 2.24) is 9.80 Å². The van der Waals surface area contributed by atoms with Gasteiger partial charge in [0.15, 0.2) is 0 Å². The van der Waals surface area contributed by atoms with E-state index in [4.69, 9.17) is 0 Å². The predicted molar refractivity (Wildman–Crippen MR) is 207 cm³/mol. The van der Waals surface area contributed by atoms with Crippen LogP contribution in [0.2, 0.25) is 0 Å². The molecule has 0 aromatic heterocycles. The van der Waals surface area contributed by atoms with E-state index in [9.17, 15) is 10.2 Å². The Hall–Kier alpha value is -2.04. The Morgan fingerprint density at radius 1 is 0.583 bits per heavy atom. The van der Waals surface area contributed by atoms with Crippen LogP contribution in [0.5, 0.6) is 11.5 Å². The summed E-state index contributed by atoms with van der Waals surface area (Å²) in [5.74, 6) is 1.92. The van der Waals surface area contributed by atoms with Crippen molar-refractivity contribution in [2.24, 2.45) is 22.7 Å². The molecular weight excluding hydrogens is 588 g/mol. The number of piperazine rings is 1. The van der Waals surface area contributed by atoms with Crippen LogP contribution in [-0.2, 0) is 23.9 Å². The van der Waals surface area contributed by atoms with E-state index in [1.807, 2.05) is 0 Å². The van der Waals surface area contributed by atoms with E-state index in [0.29, 0.717) is 35.4 Å². The molecule has 3 rings (SSSR count). The van der Waals surface area contributed by atoms with Gasteiger partial charge in [-0.3, -0.25) is 9.80 Å². The van der Waals surface area contributed by atoms with Crippen LogP contribution >= 0.6 is 0 Å². The molecule has 1 aliphatic heterocycles. The summed E-state index contributed by atoms with van der Waals surface area (Å²) in [4.78, 5) is 5.41. The fraction of sp³-hybridized carbons (Fsp3) is 0.727. The molecule has 2 atom stereocenters. The minimum absolute atomic E-state index is 0.115. The van der Waals surface area contributed by atoms with Gasteiger partial charge in [-0.1, -0.05) is 109 Å². The van der Waals surface area contributed by atoms with Gasteiger partial charge in [-0.05, 0) is 107 Å². The lowest BCUT2D eigenvalue weighted by Gasteiger charge is -2.50. The summed E-state index contributed by atoms with van der Waals surface area (Å²) in [5, 5.41) is 23.3. The minimum atomic E-state index is -0.115. The Bertz CT molecular complexity index is 1320. The summed E-state index contributed by atoms with van der Waals surface area (Å²) in [5.41, 5.74) is 9.45. The van der Waals surface area contributed by atoms with Gasteiger partial charge in [0.05, 0.1) is 0 Å². The van der Waals surface area contributed by atoms with Crippen molar-refractivity contribution >= 4 is 0 Å². The number of phenols is 2. The van der Waals surface area contributed by atoms with Gasteiger partial charge in [-0.25, -0.2) is 0 Å². The van der Waals surface area contributed by atoms with Crippen molar-refractivity contribution < 1.29 is 10.2 Å². The van der Waals surface area contributed by atoms with E-state index < -0.39 is 0 Å². The average molecular weight is 663 g/mol. The lowest BCUT2D eigenvalue weighted by atomic mass is 9.71. The zero-order valence-electron chi connectivity index (χ0n) is 34.5. The Balaban J connectivity index is 1.97. The van der Waals surface area contributed by atoms with Crippen molar-refractivity contribution in [3.63, 3.8) is 0 Å². The van der Waals surface area contributed by atoms with Crippen molar-refractivity contribution in [1.29, 1.82) is 0 Å². The Morgan fingerprint density at radius 3 is 1.12 bits per heavy atom. The molecule has 0 bridgehead atoms. The van der Waals surface area contributed by atoms with Crippen molar-refractivity contribution in [2.45, 2.75) is 173 Å². The highest BCUT2D eigenvalue weighted by molar-refractivity contribution is 5.53. The SMILES string of the molecule is Cc1cc(C(C)(C)CC(C)(C)C)c(O)c(C)c1CN1CC(C(C)C)N(Cc2c(C)cc(C(C)(C)CC(C)(C)C)c(O)c2C)CC1C(C)C. The van der Waals surface area contributed by atoms with E-state index in [1.165, 1.54) is 22.3 Å². The number of aromatic hydroxyl groups is 2. The fourth-order valence-corrected chi connectivity index (χ4v) is 9.40. The van der Waals surface area contributed by atoms with Crippen LogP contribution in [-0.4, -0.2) is 45.2 Å². The second-order valence-corrected chi connectivity index (χ2v) is 20.1. The molecule has 2 unspecified atom stereocenters. The number of rotatable bonds is 10. The van der Waals surface area contributed by atoms with Crippen LogP contribution in [0.4, 0.5) is 0 Å². The van der Waals surface area contributed by atoms with Gasteiger partial charge in [0.2, 0.25) is 0 Å². The second kappa shape index (κ2) is 14.3. The van der Waals surface area contributed by atoms with Crippen LogP contribution in [0.3, 0.4) is 0 Å². The van der Waals surface area contributed by atoms with Crippen molar-refractivity contribution in [3.8, 4) is 11.5 Å². The summed E-state index contributed by atoms with van der Waals surface area (Å²) in [6.45, 7) is 44.6. The Kier molecular flexibility index (Phi) is 12.0. The van der Waals surface area contributed by atoms with Crippen LogP contribution in [0.25, 0.3) is 0 Å². The highest BCUT2D eigenvalue weighted by Crippen LogP contribution is 2.45. The van der Waals surface area contributed by atoms with Crippen LogP contribution in [0.1, 0.15) is 154 Å². The third-order valence-electron chi connectivity index (χ3n) is 11.2. The van der Waals surface area contributed by atoms with Crippen LogP contribution < -0.4 is 0 Å². The molecule has 0 aliphatic carbocycles. The minimum Gasteiger partial charge on any atom is -0.507 e. The normalized spacial score (nSPS) is 19.2. The zero-order chi connectivity index (χ0) is 36.9. The molecule has 0 spiro atoms. The number of aryl methyl sites for hydroxylation is 2. The third kappa shape index (κ3) is 9.19. The Morgan fingerprint density at radius 2 is 0.875 bits per heavy atom. The number of nitrogens with zero attached hydrogens (tertiary/aromatic N) is 2. The lowest BCUT2D eigenvalue weighted by Crippen LogP contribution is -2.60. The monoisotopic (exact) mass is 663 g/mol. The second-order valence-electron chi connectivity index (χ2n) is 20.1. The first-order valence-corrected chi connectivity index (χ1v) is 18.8. The number of phenolic OH excluding ortho intramolecular Hbond substituents is 2. The van der Waals surface area contributed by atoms with E-state index in [2.05, 4.69) is 147 Å². The fourth-order valence-electron chi connectivity index (χ4n) is 9.40. The van der Waals surface area contributed by atoms with Crippen molar-refractivity contribution in [3.05, 3.63) is 56.6 Å². The molecule has 1 aliphatic rings. The molecule has 1 fully saturated rings. The van der Waals surface area contributed by atoms with Gasteiger partial charge >= 0.3 is 0 Å². The first-order valence-electron chi connectivity index (χ1n) is 18.8. The summed E-state index contributed by atoms with van der Waals surface area (Å²) in [6, 6.07) is 5.32. The van der Waals surface area contributed by atoms with Gasteiger partial charge < -0.3 is 10.2 Å². The maximum absolute atomic E-state index is 11.6. The third-order valence-corrected chi connectivity index (χ3v) is 11.2. The standard InChI is InChI=1S/C44H74N2O2/c1-27(2)37-23-46(22-34-30(6)20-36(40(48)32(34)8)44(17,18)26-42(12,13)14)38(28(3)4)24-45(37)21-33-29(5)19-35(39(47)31(33)7)43(15,16)25-41(9,10)11/h19-20,27-28,37-38,47-48H,21-26H2,1-18H3. The van der Waals surface area contributed by atoms with Crippen LogP contribution in [0, 0.1) is 50.4 Å². The molecule has 4 nitrogen and oxygen atoms in total. The van der Waals surface area contributed by atoms with E-state index in [1.54, 1.807) is 0 Å². The average Bonchev–Trinajstić information content (AvgIpc) is 2.90. The van der Waals surface area contributed by atoms with Gasteiger partial charge in [0.25, 0.3) is 0 Å². The molecular formula is C44H74N2O2. The van der Waals surface area contributed by atoms with Gasteiger partial charge in [0.1, 0.15) is 11.5 Å². The highest BCUT2D eigenvalue weighted by Gasteiger charge is 2.39. The van der Waals surface area contributed by atoms with Crippen LogP contribution in [0.15, 0.2) is 12.1 Å². The number of benzene rings is 2. The molecule has 272 valence electrons. The highest BCUT2D eigenvalue weighted by atomic mass is 16.3. The molecule has 0 amide bonds. The van der Waals surface area contributed by atoms with E-state index >= 15 is 0 Å².